The first-order valence-electron chi connectivity index (χ1n) is 9.88. The molecule has 1 fully saturated rings. The van der Waals surface area contributed by atoms with Gasteiger partial charge in [-0.1, -0.05) is 18.2 Å². The Hall–Kier alpha value is -3.03. The van der Waals surface area contributed by atoms with Crippen molar-refractivity contribution in [3.05, 3.63) is 64.7 Å². The summed E-state index contributed by atoms with van der Waals surface area (Å²) in [5.74, 6) is -0.527. The van der Waals surface area contributed by atoms with Crippen LogP contribution in [0.25, 0.3) is 0 Å². The molecule has 2 aliphatic rings. The van der Waals surface area contributed by atoms with E-state index in [1.54, 1.807) is 18.2 Å². The molecule has 0 saturated carbocycles. The summed E-state index contributed by atoms with van der Waals surface area (Å²) in [5, 5.41) is 2.56. The van der Waals surface area contributed by atoms with Gasteiger partial charge < -0.3 is 15.1 Å². The summed E-state index contributed by atoms with van der Waals surface area (Å²) in [6.45, 7) is 0.477. The highest BCUT2D eigenvalue weighted by molar-refractivity contribution is 6.04. The second-order valence-electron chi connectivity index (χ2n) is 7.66. The van der Waals surface area contributed by atoms with Crippen molar-refractivity contribution >= 4 is 17.5 Å². The number of hydrogen-bond acceptors (Lipinski definition) is 3. The van der Waals surface area contributed by atoms with Gasteiger partial charge in [0.15, 0.2) is 0 Å². The molecule has 2 amide bonds. The Morgan fingerprint density at radius 1 is 1.17 bits per heavy atom. The fourth-order valence-electron chi connectivity index (χ4n) is 4.24. The molecule has 5 nitrogen and oxygen atoms in total. The van der Waals surface area contributed by atoms with Crippen LogP contribution in [0.15, 0.2) is 42.5 Å². The minimum absolute atomic E-state index is 0.00135. The van der Waals surface area contributed by atoms with Crippen LogP contribution in [-0.2, 0) is 12.7 Å². The van der Waals surface area contributed by atoms with Crippen LogP contribution in [0.2, 0.25) is 0 Å². The monoisotopic (exact) mass is 417 g/mol. The number of halogens is 3. The Labute approximate surface area is 172 Å². The first-order chi connectivity index (χ1) is 14.3. The molecule has 0 spiro atoms. The fraction of sp³-hybridized carbons (Fsp3) is 0.364. The van der Waals surface area contributed by atoms with Crippen molar-refractivity contribution in [3.8, 4) is 0 Å². The molecule has 1 N–H and O–H groups in total. The fourth-order valence-corrected chi connectivity index (χ4v) is 4.24. The van der Waals surface area contributed by atoms with Crippen LogP contribution >= 0.6 is 0 Å². The van der Waals surface area contributed by atoms with E-state index in [0.717, 1.165) is 25.3 Å². The number of benzene rings is 2. The van der Waals surface area contributed by atoms with Crippen LogP contribution in [0, 0.1) is 0 Å². The maximum absolute atomic E-state index is 13.1. The molecule has 0 bridgehead atoms. The first kappa shape index (κ1) is 20.3. The van der Waals surface area contributed by atoms with E-state index in [1.807, 2.05) is 16.8 Å². The number of anilines is 1. The molecule has 8 heteroatoms. The molecule has 4 rings (SSSR count). The van der Waals surface area contributed by atoms with Gasteiger partial charge in [0.1, 0.15) is 6.17 Å². The highest BCUT2D eigenvalue weighted by atomic mass is 19.4. The van der Waals surface area contributed by atoms with Gasteiger partial charge in [-0.2, -0.15) is 13.2 Å². The van der Waals surface area contributed by atoms with Crippen LogP contribution in [0.3, 0.4) is 0 Å². The number of carbonyl (C=O) groups is 2. The average molecular weight is 417 g/mol. The van der Waals surface area contributed by atoms with E-state index in [-0.39, 0.29) is 24.2 Å². The second-order valence-corrected chi connectivity index (χ2v) is 7.66. The zero-order chi connectivity index (χ0) is 21.5. The normalized spacial score (nSPS) is 18.7. The number of carbonyl (C=O) groups excluding carboxylic acids is 2. The third kappa shape index (κ3) is 3.62. The molecule has 1 saturated heterocycles. The standard InChI is InChI=1S/C22H22F3N3O2/c1-27-18-12-14(9-10-16(18)21(30)28-11-5-4-8-19(27)28)20(29)26-13-15-6-2-3-7-17(15)22(23,24)25/h2-3,6-7,9-10,12,19H,4-5,8,11,13H2,1H3,(H,26,29)/t19-/m0/s1. The molecule has 2 heterocycles. The van der Waals surface area contributed by atoms with Crippen LogP contribution in [0.5, 0.6) is 0 Å². The molecular formula is C22H22F3N3O2. The zero-order valence-corrected chi connectivity index (χ0v) is 16.5. The number of hydrogen-bond donors (Lipinski definition) is 1. The van der Waals surface area contributed by atoms with Gasteiger partial charge in [-0.05, 0) is 49.1 Å². The predicted octanol–water partition coefficient (Wildman–Crippen LogP) is 4.04. The van der Waals surface area contributed by atoms with E-state index in [4.69, 9.17) is 0 Å². The highest BCUT2D eigenvalue weighted by Crippen LogP contribution is 2.35. The van der Waals surface area contributed by atoms with Crippen LogP contribution in [-0.4, -0.2) is 36.5 Å². The van der Waals surface area contributed by atoms with Gasteiger partial charge in [0.05, 0.1) is 16.8 Å². The van der Waals surface area contributed by atoms with E-state index in [2.05, 4.69) is 5.32 Å². The molecule has 2 aromatic rings. The minimum atomic E-state index is -4.48. The van der Waals surface area contributed by atoms with Crippen LogP contribution < -0.4 is 10.2 Å². The lowest BCUT2D eigenvalue weighted by molar-refractivity contribution is -0.138. The van der Waals surface area contributed by atoms with E-state index in [9.17, 15) is 22.8 Å². The lowest BCUT2D eigenvalue weighted by atomic mass is 9.97. The summed E-state index contributed by atoms with van der Waals surface area (Å²) in [6, 6.07) is 9.98. The van der Waals surface area contributed by atoms with Gasteiger partial charge in [-0.3, -0.25) is 9.59 Å². The quantitative estimate of drug-likeness (QED) is 0.820. The van der Waals surface area contributed by atoms with Gasteiger partial charge in [-0.15, -0.1) is 0 Å². The lowest BCUT2D eigenvalue weighted by Gasteiger charge is -2.46. The number of rotatable bonds is 3. The predicted molar refractivity (Wildman–Crippen MR) is 106 cm³/mol. The summed E-state index contributed by atoms with van der Waals surface area (Å²) in [7, 11) is 1.90. The number of fused-ring (bicyclic) bond motifs is 2. The highest BCUT2D eigenvalue weighted by Gasteiger charge is 2.37. The molecule has 0 unspecified atom stereocenters. The Kier molecular flexibility index (Phi) is 5.17. The lowest BCUT2D eigenvalue weighted by Crippen LogP contribution is -2.55. The van der Waals surface area contributed by atoms with Crippen molar-refractivity contribution in [2.45, 2.75) is 38.1 Å². The minimum Gasteiger partial charge on any atom is -0.354 e. The van der Waals surface area contributed by atoms with E-state index in [0.29, 0.717) is 23.4 Å². The maximum Gasteiger partial charge on any atom is 0.416 e. The SMILES string of the molecule is CN1c2cc(C(=O)NCc3ccccc3C(F)(F)F)ccc2C(=O)N2CCCC[C@H]21. The average Bonchev–Trinajstić information content (AvgIpc) is 2.75. The summed E-state index contributed by atoms with van der Waals surface area (Å²) in [5.41, 5.74) is 0.753. The van der Waals surface area contributed by atoms with Crippen molar-refractivity contribution in [1.82, 2.24) is 10.2 Å². The summed E-state index contributed by atoms with van der Waals surface area (Å²) in [4.78, 5) is 29.3. The smallest absolute Gasteiger partial charge is 0.354 e. The van der Waals surface area contributed by atoms with Gasteiger partial charge in [0.2, 0.25) is 0 Å². The zero-order valence-electron chi connectivity index (χ0n) is 16.5. The largest absolute Gasteiger partial charge is 0.416 e. The molecule has 0 aliphatic carbocycles. The Bertz CT molecular complexity index is 990. The number of amides is 2. The van der Waals surface area contributed by atoms with Gasteiger partial charge in [0, 0.05) is 25.7 Å². The number of nitrogens with one attached hydrogen (secondary N) is 1. The summed E-state index contributed by atoms with van der Waals surface area (Å²) >= 11 is 0. The number of piperidine rings is 1. The molecule has 2 aromatic carbocycles. The molecule has 1 atom stereocenters. The first-order valence-corrected chi connectivity index (χ1v) is 9.88. The van der Waals surface area contributed by atoms with Crippen molar-refractivity contribution in [3.63, 3.8) is 0 Å². The Balaban J connectivity index is 1.55. The molecule has 2 aliphatic heterocycles. The van der Waals surface area contributed by atoms with Crippen molar-refractivity contribution in [1.29, 1.82) is 0 Å². The number of alkyl halides is 3. The third-order valence-electron chi connectivity index (χ3n) is 5.81. The summed E-state index contributed by atoms with van der Waals surface area (Å²) in [6.07, 6.45) is -1.64. The maximum atomic E-state index is 13.1. The molecule has 158 valence electrons. The molecular weight excluding hydrogens is 395 g/mol. The van der Waals surface area contributed by atoms with Crippen molar-refractivity contribution in [2.75, 3.05) is 18.5 Å². The van der Waals surface area contributed by atoms with Crippen LogP contribution in [0.1, 0.15) is 51.1 Å². The topological polar surface area (TPSA) is 52.7 Å². The van der Waals surface area contributed by atoms with E-state index < -0.39 is 17.6 Å². The van der Waals surface area contributed by atoms with Gasteiger partial charge >= 0.3 is 6.18 Å². The van der Waals surface area contributed by atoms with Crippen LogP contribution in [0.4, 0.5) is 18.9 Å². The van der Waals surface area contributed by atoms with Gasteiger partial charge in [0.25, 0.3) is 11.8 Å². The number of nitrogens with zero attached hydrogens (tertiary/aromatic N) is 2. The molecule has 0 aromatic heterocycles. The summed E-state index contributed by atoms with van der Waals surface area (Å²) < 4.78 is 39.4. The molecule has 30 heavy (non-hydrogen) atoms. The van der Waals surface area contributed by atoms with E-state index >= 15 is 0 Å². The second kappa shape index (κ2) is 7.66. The van der Waals surface area contributed by atoms with E-state index in [1.165, 1.54) is 18.2 Å². The van der Waals surface area contributed by atoms with Gasteiger partial charge in [-0.25, -0.2) is 0 Å². The Morgan fingerprint density at radius 3 is 2.70 bits per heavy atom. The van der Waals surface area contributed by atoms with Crippen molar-refractivity contribution in [2.24, 2.45) is 0 Å². The molecule has 0 radical (unpaired) electrons. The third-order valence-corrected chi connectivity index (χ3v) is 5.81. The Morgan fingerprint density at radius 2 is 1.93 bits per heavy atom. The van der Waals surface area contributed by atoms with Crippen molar-refractivity contribution < 1.29 is 22.8 Å².